The predicted molar refractivity (Wildman–Crippen MR) is 127 cm³/mol. The van der Waals surface area contributed by atoms with Crippen molar-refractivity contribution in [2.24, 2.45) is 15.1 Å². The van der Waals surface area contributed by atoms with Crippen molar-refractivity contribution in [1.29, 1.82) is 0 Å². The molecule has 1 aliphatic heterocycles. The molecule has 0 fully saturated rings. The van der Waals surface area contributed by atoms with Crippen LogP contribution in [0.3, 0.4) is 0 Å². The molecule has 13 heteroatoms. The van der Waals surface area contributed by atoms with Crippen molar-refractivity contribution in [3.8, 4) is 22.8 Å². The Hall–Kier alpha value is -2.86. The van der Waals surface area contributed by atoms with Gasteiger partial charge in [0.1, 0.15) is 18.2 Å². The highest BCUT2D eigenvalue weighted by molar-refractivity contribution is 7.89. The first-order chi connectivity index (χ1) is 16.3. The number of benzene rings is 1. The van der Waals surface area contributed by atoms with Gasteiger partial charge < -0.3 is 10.3 Å². The molecule has 2 N–H and O–H groups in total. The van der Waals surface area contributed by atoms with Crippen LogP contribution in [0, 0.1) is 5.82 Å². The molecule has 3 heterocycles. The summed E-state index contributed by atoms with van der Waals surface area (Å²) in [4.78, 5) is 12.7. The molecule has 1 aromatic carbocycles. The molecule has 0 unspecified atom stereocenters. The standard InChI is InChI=1S/C22H21ClF4N6OS/c1-20(2)19(28)32-21(3,11-35(20)31-10-22(25,26)27)14-6-12(4-5-15(14)24)17-7-16(33-34-17)18-29-8-13(23)9-30-18/h4-9H,10-11H2,1-3H3,(H2,28,32)/t21-,35+/m0/s1. The molecule has 1 aliphatic rings. The van der Waals surface area contributed by atoms with E-state index < -0.39 is 39.5 Å². The lowest BCUT2D eigenvalue weighted by Gasteiger charge is -2.40. The first kappa shape index (κ1) is 25.2. The van der Waals surface area contributed by atoms with Gasteiger partial charge in [-0.25, -0.2) is 14.4 Å². The van der Waals surface area contributed by atoms with Gasteiger partial charge in [-0.15, -0.1) is 0 Å². The van der Waals surface area contributed by atoms with Crippen molar-refractivity contribution in [3.05, 3.63) is 53.1 Å². The van der Waals surface area contributed by atoms with E-state index in [1.807, 2.05) is 0 Å². The van der Waals surface area contributed by atoms with Crippen LogP contribution >= 0.6 is 11.6 Å². The zero-order chi connectivity index (χ0) is 25.6. The second kappa shape index (κ2) is 8.98. The second-order valence-electron chi connectivity index (χ2n) is 8.69. The third kappa shape index (κ3) is 5.22. The molecule has 0 radical (unpaired) electrons. The van der Waals surface area contributed by atoms with Gasteiger partial charge in [0, 0.05) is 35.3 Å². The Labute approximate surface area is 205 Å². The van der Waals surface area contributed by atoms with Crippen LogP contribution in [0.25, 0.3) is 22.8 Å². The summed E-state index contributed by atoms with van der Waals surface area (Å²) < 4.78 is 62.1. The van der Waals surface area contributed by atoms with E-state index in [1.54, 1.807) is 26.8 Å². The minimum atomic E-state index is -4.45. The molecule has 0 saturated carbocycles. The third-order valence-electron chi connectivity index (χ3n) is 5.58. The zero-order valence-electron chi connectivity index (χ0n) is 18.9. The highest BCUT2D eigenvalue weighted by atomic mass is 35.5. The molecule has 3 aromatic rings. The van der Waals surface area contributed by atoms with Crippen molar-refractivity contribution < 1.29 is 22.1 Å². The van der Waals surface area contributed by atoms with Gasteiger partial charge in [0.05, 0.1) is 15.3 Å². The lowest BCUT2D eigenvalue weighted by atomic mass is 9.91. The van der Waals surface area contributed by atoms with E-state index in [-0.39, 0.29) is 17.2 Å². The Kier molecular flexibility index (Phi) is 6.47. The van der Waals surface area contributed by atoms with Crippen LogP contribution in [0.2, 0.25) is 5.02 Å². The van der Waals surface area contributed by atoms with Crippen molar-refractivity contribution in [3.63, 3.8) is 0 Å². The van der Waals surface area contributed by atoms with Gasteiger partial charge in [-0.2, -0.15) is 13.2 Å². The van der Waals surface area contributed by atoms with Crippen LogP contribution in [0.5, 0.6) is 0 Å². The van der Waals surface area contributed by atoms with E-state index in [2.05, 4.69) is 24.5 Å². The molecule has 4 rings (SSSR count). The molecule has 0 spiro atoms. The monoisotopic (exact) mass is 528 g/mol. The highest BCUT2D eigenvalue weighted by Crippen LogP contribution is 2.39. The topological polar surface area (TPSA) is 103 Å². The second-order valence-corrected chi connectivity index (χ2v) is 11.4. The summed E-state index contributed by atoms with van der Waals surface area (Å²) in [5.74, 6) is 0.218. The molecule has 2 atom stereocenters. The maximum absolute atomic E-state index is 15.0. The van der Waals surface area contributed by atoms with Gasteiger partial charge in [-0.05, 0) is 39.0 Å². The number of amidine groups is 1. The molecule has 35 heavy (non-hydrogen) atoms. The van der Waals surface area contributed by atoms with E-state index in [0.717, 1.165) is 0 Å². The number of nitrogens with zero attached hydrogens (tertiary/aromatic N) is 5. The number of aromatic nitrogens is 3. The number of aliphatic imine (C=N–C) groups is 1. The van der Waals surface area contributed by atoms with Crippen LogP contribution in [-0.4, -0.2) is 44.2 Å². The summed E-state index contributed by atoms with van der Waals surface area (Å²) in [5.41, 5.74) is 5.94. The van der Waals surface area contributed by atoms with Crippen LogP contribution in [0.4, 0.5) is 17.6 Å². The van der Waals surface area contributed by atoms with Gasteiger partial charge in [-0.1, -0.05) is 27.4 Å². The highest BCUT2D eigenvalue weighted by Gasteiger charge is 2.43. The first-order valence-electron chi connectivity index (χ1n) is 10.3. The lowest BCUT2D eigenvalue weighted by molar-refractivity contribution is -0.117. The average Bonchev–Trinajstić information content (AvgIpc) is 3.26. The van der Waals surface area contributed by atoms with E-state index in [0.29, 0.717) is 27.9 Å². The fourth-order valence-corrected chi connectivity index (χ4v) is 5.76. The number of rotatable bonds is 4. The number of nitrogens with two attached hydrogens (primary N) is 1. The van der Waals surface area contributed by atoms with Crippen LogP contribution in [0.15, 0.2) is 50.5 Å². The average molecular weight is 529 g/mol. The molecule has 186 valence electrons. The van der Waals surface area contributed by atoms with Gasteiger partial charge in [0.15, 0.2) is 17.3 Å². The van der Waals surface area contributed by atoms with E-state index in [9.17, 15) is 13.2 Å². The number of halogens is 5. The van der Waals surface area contributed by atoms with E-state index >= 15 is 4.39 Å². The predicted octanol–water partition coefficient (Wildman–Crippen LogP) is 5.32. The molecule has 2 aromatic heterocycles. The maximum atomic E-state index is 15.0. The first-order valence-corrected chi connectivity index (χ1v) is 12.1. The maximum Gasteiger partial charge on any atom is 0.408 e. The molecule has 7 nitrogen and oxygen atoms in total. The van der Waals surface area contributed by atoms with Crippen molar-refractivity contribution >= 4 is 28.1 Å². The molecular weight excluding hydrogens is 508 g/mol. The minimum Gasteiger partial charge on any atom is -0.386 e. The van der Waals surface area contributed by atoms with Crippen LogP contribution < -0.4 is 5.73 Å². The van der Waals surface area contributed by atoms with Crippen LogP contribution in [0.1, 0.15) is 26.3 Å². The van der Waals surface area contributed by atoms with Gasteiger partial charge in [-0.3, -0.25) is 9.36 Å². The lowest BCUT2D eigenvalue weighted by Crippen LogP contribution is -2.52. The summed E-state index contributed by atoms with van der Waals surface area (Å²) in [6, 6.07) is 5.87. The number of hydrogen-bond donors (Lipinski definition) is 1. The van der Waals surface area contributed by atoms with Gasteiger partial charge >= 0.3 is 6.18 Å². The molecule has 0 bridgehead atoms. The normalized spacial score (nSPS) is 22.3. The molecular formula is C22H21ClF4N6OS. The SMILES string of the molecule is CC1(C)C(N)=N[C@](C)(c2cc(-c3cc(-c4ncc(Cl)cn4)no3)ccc2F)C[S@]1=NCC(F)(F)F. The Morgan fingerprint density at radius 2 is 1.86 bits per heavy atom. The summed E-state index contributed by atoms with van der Waals surface area (Å²) in [5, 5.41) is 4.33. The zero-order valence-corrected chi connectivity index (χ0v) is 20.5. The molecule has 0 aliphatic carbocycles. The van der Waals surface area contributed by atoms with Crippen molar-refractivity contribution in [2.45, 2.75) is 37.2 Å². The Morgan fingerprint density at radius 1 is 1.17 bits per heavy atom. The summed E-state index contributed by atoms with van der Waals surface area (Å²) in [6.45, 7) is 3.71. The van der Waals surface area contributed by atoms with Gasteiger partial charge in [0.2, 0.25) is 0 Å². The van der Waals surface area contributed by atoms with Gasteiger partial charge in [0.25, 0.3) is 0 Å². The van der Waals surface area contributed by atoms with Crippen molar-refractivity contribution in [2.75, 3.05) is 12.3 Å². The summed E-state index contributed by atoms with van der Waals surface area (Å²) >= 11 is 5.81. The fourth-order valence-electron chi connectivity index (χ4n) is 3.55. The van der Waals surface area contributed by atoms with E-state index in [1.165, 1.54) is 30.6 Å². The smallest absolute Gasteiger partial charge is 0.386 e. The van der Waals surface area contributed by atoms with Crippen molar-refractivity contribution in [1.82, 2.24) is 15.1 Å². The Balaban J connectivity index is 1.73. The third-order valence-corrected chi connectivity index (χ3v) is 8.44. The molecule has 0 saturated heterocycles. The van der Waals surface area contributed by atoms with E-state index in [4.69, 9.17) is 21.9 Å². The summed E-state index contributed by atoms with van der Waals surface area (Å²) in [6.07, 6.45) is -1.61. The Bertz CT molecular complexity index is 1320. The molecule has 0 amide bonds. The largest absolute Gasteiger partial charge is 0.408 e. The Morgan fingerprint density at radius 3 is 2.51 bits per heavy atom. The van der Waals surface area contributed by atoms with Crippen LogP contribution in [-0.2, 0) is 16.2 Å². The number of alkyl halides is 3. The summed E-state index contributed by atoms with van der Waals surface area (Å²) in [7, 11) is -1.16. The number of hydrogen-bond acceptors (Lipinski definition) is 7. The quantitative estimate of drug-likeness (QED) is 0.462. The fraction of sp³-hybridized carbons (Fsp3) is 0.364. The minimum absolute atomic E-state index is 0.0669.